The fourth-order valence-corrected chi connectivity index (χ4v) is 1.67. The van der Waals surface area contributed by atoms with Gasteiger partial charge in [0.1, 0.15) is 5.60 Å². The molecule has 0 radical (unpaired) electrons. The van der Waals surface area contributed by atoms with Gasteiger partial charge in [0.15, 0.2) is 0 Å². The first kappa shape index (κ1) is 12.9. The Bertz CT molecular complexity index is 310. The Labute approximate surface area is 97.4 Å². The van der Waals surface area contributed by atoms with Gasteiger partial charge in [-0.1, -0.05) is 6.08 Å². The first-order chi connectivity index (χ1) is 7.38. The summed E-state index contributed by atoms with van der Waals surface area (Å²) in [5, 5.41) is 7.60. The van der Waals surface area contributed by atoms with Gasteiger partial charge in [-0.05, 0) is 52.9 Å². The maximum absolute atomic E-state index is 11.8. The second kappa shape index (κ2) is 5.28. The van der Waals surface area contributed by atoms with Gasteiger partial charge in [0.05, 0.1) is 0 Å². The standard InChI is InChI=1S/C13H21NO2/c1-13(2,3)16-12(15)10-6-4-8-11(14)9-5-7-10/h6,14H,4-5,7-9H2,1-3H3/b10-6-,14-11?. The van der Waals surface area contributed by atoms with E-state index in [1.807, 2.05) is 26.8 Å². The first-order valence-corrected chi connectivity index (χ1v) is 5.87. The highest BCUT2D eigenvalue weighted by atomic mass is 16.6. The molecule has 0 spiro atoms. The Hall–Kier alpha value is -1.12. The largest absolute Gasteiger partial charge is 0.457 e. The van der Waals surface area contributed by atoms with Crippen molar-refractivity contribution in [2.24, 2.45) is 0 Å². The van der Waals surface area contributed by atoms with Crippen molar-refractivity contribution in [2.75, 3.05) is 0 Å². The normalized spacial score (nSPS) is 21.7. The van der Waals surface area contributed by atoms with E-state index in [4.69, 9.17) is 10.1 Å². The van der Waals surface area contributed by atoms with Gasteiger partial charge < -0.3 is 10.1 Å². The minimum Gasteiger partial charge on any atom is -0.457 e. The van der Waals surface area contributed by atoms with Gasteiger partial charge in [0.2, 0.25) is 0 Å². The van der Waals surface area contributed by atoms with Gasteiger partial charge in [0.25, 0.3) is 0 Å². The number of nitrogens with one attached hydrogen (secondary N) is 1. The van der Waals surface area contributed by atoms with Gasteiger partial charge >= 0.3 is 5.97 Å². The average Bonchev–Trinajstić information content (AvgIpc) is 2.07. The number of ether oxygens (including phenoxy) is 1. The van der Waals surface area contributed by atoms with Crippen molar-refractivity contribution in [1.82, 2.24) is 0 Å². The van der Waals surface area contributed by atoms with E-state index in [2.05, 4.69) is 0 Å². The van der Waals surface area contributed by atoms with E-state index < -0.39 is 5.60 Å². The summed E-state index contributed by atoms with van der Waals surface area (Å²) >= 11 is 0. The second-order valence-corrected chi connectivity index (χ2v) is 5.23. The third-order valence-electron chi connectivity index (χ3n) is 2.42. The zero-order chi connectivity index (χ0) is 12.2. The van der Waals surface area contributed by atoms with E-state index in [9.17, 15) is 4.79 Å². The van der Waals surface area contributed by atoms with Crippen LogP contribution in [0.15, 0.2) is 11.6 Å². The van der Waals surface area contributed by atoms with E-state index in [1.54, 1.807) is 0 Å². The number of carbonyl (C=O) groups is 1. The molecule has 3 heteroatoms. The molecule has 0 aliphatic heterocycles. The summed E-state index contributed by atoms with van der Waals surface area (Å²) in [7, 11) is 0. The molecule has 0 heterocycles. The van der Waals surface area contributed by atoms with Gasteiger partial charge in [0, 0.05) is 11.3 Å². The lowest BCUT2D eigenvalue weighted by Crippen LogP contribution is -2.25. The molecule has 0 unspecified atom stereocenters. The van der Waals surface area contributed by atoms with Crippen LogP contribution in [0.4, 0.5) is 0 Å². The quantitative estimate of drug-likeness (QED) is 0.694. The molecule has 3 nitrogen and oxygen atoms in total. The molecule has 0 saturated carbocycles. The van der Waals surface area contributed by atoms with E-state index >= 15 is 0 Å². The SMILES string of the molecule is CC(C)(C)OC(=O)/C1=C\CCC(=N)CCC1. The molecule has 0 amide bonds. The molecule has 0 aromatic rings. The van der Waals surface area contributed by atoms with E-state index in [1.165, 1.54) is 0 Å². The van der Waals surface area contributed by atoms with Crippen LogP contribution in [0.1, 0.15) is 52.9 Å². The highest BCUT2D eigenvalue weighted by Gasteiger charge is 2.20. The Morgan fingerprint density at radius 3 is 2.62 bits per heavy atom. The molecule has 0 atom stereocenters. The molecule has 1 aliphatic carbocycles. The van der Waals surface area contributed by atoms with Crippen molar-refractivity contribution < 1.29 is 9.53 Å². The minimum absolute atomic E-state index is 0.194. The average molecular weight is 223 g/mol. The third kappa shape index (κ3) is 4.60. The van der Waals surface area contributed by atoms with Crippen LogP contribution in [0.3, 0.4) is 0 Å². The van der Waals surface area contributed by atoms with Gasteiger partial charge in [-0.25, -0.2) is 4.79 Å². The lowest BCUT2D eigenvalue weighted by molar-refractivity contribution is -0.150. The molecule has 0 bridgehead atoms. The molecule has 1 aliphatic rings. The molecule has 1 rings (SSSR count). The van der Waals surface area contributed by atoms with Crippen LogP contribution in [0.25, 0.3) is 0 Å². The molecule has 0 aromatic carbocycles. The van der Waals surface area contributed by atoms with E-state index in [-0.39, 0.29) is 5.97 Å². The molecular weight excluding hydrogens is 202 g/mol. The molecular formula is C13H21NO2. The van der Waals surface area contributed by atoms with Crippen molar-refractivity contribution in [1.29, 1.82) is 5.41 Å². The molecule has 0 aromatic heterocycles. The minimum atomic E-state index is -0.424. The van der Waals surface area contributed by atoms with Crippen molar-refractivity contribution in [3.8, 4) is 0 Å². The lowest BCUT2D eigenvalue weighted by Gasteiger charge is -2.21. The fraction of sp³-hybridized carbons (Fsp3) is 0.692. The summed E-state index contributed by atoms with van der Waals surface area (Å²) in [6, 6.07) is 0. The Morgan fingerprint density at radius 2 is 2.00 bits per heavy atom. The summed E-state index contributed by atoms with van der Waals surface area (Å²) < 4.78 is 5.34. The van der Waals surface area contributed by atoms with Gasteiger partial charge in [-0.15, -0.1) is 0 Å². The maximum Gasteiger partial charge on any atom is 0.334 e. The molecule has 90 valence electrons. The smallest absolute Gasteiger partial charge is 0.334 e. The first-order valence-electron chi connectivity index (χ1n) is 5.87. The summed E-state index contributed by atoms with van der Waals surface area (Å²) in [4.78, 5) is 11.8. The highest BCUT2D eigenvalue weighted by Crippen LogP contribution is 2.19. The lowest BCUT2D eigenvalue weighted by atomic mass is 9.98. The number of allylic oxidation sites excluding steroid dienone is 1. The molecule has 16 heavy (non-hydrogen) atoms. The fourth-order valence-electron chi connectivity index (χ4n) is 1.67. The van der Waals surface area contributed by atoms with E-state index in [0.29, 0.717) is 0 Å². The van der Waals surface area contributed by atoms with Crippen LogP contribution >= 0.6 is 0 Å². The second-order valence-electron chi connectivity index (χ2n) is 5.23. The van der Waals surface area contributed by atoms with Crippen LogP contribution < -0.4 is 0 Å². The number of hydrogen-bond acceptors (Lipinski definition) is 3. The molecule has 1 N–H and O–H groups in total. The Kier molecular flexibility index (Phi) is 4.27. The number of rotatable bonds is 1. The van der Waals surface area contributed by atoms with Crippen molar-refractivity contribution in [2.45, 2.75) is 58.5 Å². The van der Waals surface area contributed by atoms with Crippen molar-refractivity contribution >= 4 is 11.7 Å². The zero-order valence-electron chi connectivity index (χ0n) is 10.4. The number of carbonyl (C=O) groups excluding carboxylic acids is 1. The van der Waals surface area contributed by atoms with Crippen LogP contribution in [-0.4, -0.2) is 17.3 Å². The summed E-state index contributed by atoms with van der Waals surface area (Å²) in [5.74, 6) is -0.194. The highest BCUT2D eigenvalue weighted by molar-refractivity contribution is 5.89. The van der Waals surface area contributed by atoms with Crippen molar-refractivity contribution in [3.63, 3.8) is 0 Å². The third-order valence-corrected chi connectivity index (χ3v) is 2.42. The topological polar surface area (TPSA) is 50.2 Å². The molecule has 0 fully saturated rings. The van der Waals surface area contributed by atoms with Crippen LogP contribution in [0.5, 0.6) is 0 Å². The predicted octanol–water partition coefficient (Wildman–Crippen LogP) is 3.24. The zero-order valence-corrected chi connectivity index (χ0v) is 10.4. The van der Waals surface area contributed by atoms with Crippen LogP contribution in [0, 0.1) is 5.41 Å². The van der Waals surface area contributed by atoms with Crippen molar-refractivity contribution in [3.05, 3.63) is 11.6 Å². The monoisotopic (exact) mass is 223 g/mol. The van der Waals surface area contributed by atoms with Crippen LogP contribution in [0.2, 0.25) is 0 Å². The summed E-state index contributed by atoms with van der Waals surface area (Å²) in [6.45, 7) is 5.64. The number of esters is 1. The maximum atomic E-state index is 11.8. The predicted molar refractivity (Wildman–Crippen MR) is 64.7 cm³/mol. The molecule has 0 saturated heterocycles. The van der Waals surface area contributed by atoms with Gasteiger partial charge in [-0.2, -0.15) is 0 Å². The number of hydrogen-bond donors (Lipinski definition) is 1. The summed E-state index contributed by atoms with van der Waals surface area (Å²) in [6.07, 6.45) is 5.91. The Balaban J connectivity index is 2.61. The summed E-state index contributed by atoms with van der Waals surface area (Å²) in [5.41, 5.74) is 1.15. The van der Waals surface area contributed by atoms with Crippen LogP contribution in [-0.2, 0) is 9.53 Å². The van der Waals surface area contributed by atoms with Gasteiger partial charge in [-0.3, -0.25) is 0 Å². The van der Waals surface area contributed by atoms with E-state index in [0.717, 1.165) is 43.4 Å². The Morgan fingerprint density at radius 1 is 1.31 bits per heavy atom.